The number of para-hydroxylation sites is 2. The second-order valence-electron chi connectivity index (χ2n) is 7.61. The van der Waals surface area contributed by atoms with Gasteiger partial charge < -0.3 is 14.0 Å². The molecule has 1 heterocycles. The average molecular weight is 581 g/mol. The number of fused-ring (bicyclic) bond motifs is 2. The predicted molar refractivity (Wildman–Crippen MR) is 147 cm³/mol. The molecule has 0 saturated heterocycles. The van der Waals surface area contributed by atoms with E-state index in [-0.39, 0.29) is 17.9 Å². The number of nitrogens with zero attached hydrogens (tertiary/aromatic N) is 2. The molecule has 0 radical (unpaired) electrons. The van der Waals surface area contributed by atoms with Crippen LogP contribution in [0.25, 0.3) is 21.8 Å². The summed E-state index contributed by atoms with van der Waals surface area (Å²) in [4.78, 5) is 25.7. The molecule has 0 bridgehead atoms. The Bertz CT molecular complexity index is 1430. The Hall–Kier alpha value is -3.66. The maximum atomic E-state index is 12.9. The van der Waals surface area contributed by atoms with Gasteiger partial charge >= 0.3 is 0 Å². The summed E-state index contributed by atoms with van der Waals surface area (Å²) in [6.45, 7) is 6.44. The molecule has 3 aromatic carbocycles. The van der Waals surface area contributed by atoms with Crippen molar-refractivity contribution >= 4 is 56.5 Å². The number of aromatic nitrogens is 1. The van der Waals surface area contributed by atoms with Gasteiger partial charge in [-0.25, -0.2) is 5.43 Å². The molecule has 35 heavy (non-hydrogen) atoms. The zero-order chi connectivity index (χ0) is 24.8. The molecule has 0 aliphatic rings. The molecular weight excluding hydrogens is 557 g/mol. The van der Waals surface area contributed by atoms with E-state index in [1.54, 1.807) is 24.4 Å². The fourth-order valence-electron chi connectivity index (χ4n) is 3.81. The van der Waals surface area contributed by atoms with Crippen LogP contribution < -0.4 is 20.3 Å². The minimum absolute atomic E-state index is 0.00864. The smallest absolute Gasteiger partial charge is 0.260 e. The van der Waals surface area contributed by atoms with E-state index in [4.69, 9.17) is 9.47 Å². The molecule has 1 aromatic heterocycles. The van der Waals surface area contributed by atoms with Crippen LogP contribution >= 0.6 is 22.6 Å². The van der Waals surface area contributed by atoms with Gasteiger partial charge in [-0.2, -0.15) is 5.10 Å². The topological polar surface area (TPSA) is 81.9 Å². The third-order valence-corrected chi connectivity index (χ3v) is 6.06. The minimum Gasteiger partial charge on any atom is -0.490 e. The highest BCUT2D eigenvalue weighted by molar-refractivity contribution is 14.1. The summed E-state index contributed by atoms with van der Waals surface area (Å²) in [5, 5.41) is 5.27. The van der Waals surface area contributed by atoms with Gasteiger partial charge in [-0.1, -0.05) is 36.9 Å². The summed E-state index contributed by atoms with van der Waals surface area (Å²) in [5.74, 6) is 0.927. The van der Waals surface area contributed by atoms with E-state index in [1.165, 1.54) is 0 Å². The number of hydrazone groups is 1. The van der Waals surface area contributed by atoms with Gasteiger partial charge in [0.25, 0.3) is 5.91 Å². The van der Waals surface area contributed by atoms with Crippen LogP contribution in [-0.2, 0) is 11.3 Å². The van der Waals surface area contributed by atoms with Crippen LogP contribution in [0.4, 0.5) is 0 Å². The van der Waals surface area contributed by atoms with Crippen LogP contribution in [0.15, 0.2) is 83.2 Å². The third-order valence-electron chi connectivity index (χ3n) is 5.26. The standard InChI is InChI=1S/C27H24IN3O4/c1-3-13-35-27-21(28)14-18(15-24(27)34-4-2)16-29-30-25(32)17-31-22-11-7-5-9-19(22)26(33)20-10-6-8-12-23(20)31/h3,5-12,14-16H,1,4,13,17H2,2H3,(H,30,32)/b29-16-. The first-order chi connectivity index (χ1) is 17.0. The van der Waals surface area contributed by atoms with Crippen molar-refractivity contribution < 1.29 is 14.3 Å². The van der Waals surface area contributed by atoms with Crippen molar-refractivity contribution in [2.24, 2.45) is 5.10 Å². The zero-order valence-electron chi connectivity index (χ0n) is 19.2. The SMILES string of the molecule is C=CCOc1c(I)cc(/C=N\NC(=O)Cn2c3ccccc3c(=O)c3ccccc32)cc1OCC. The number of hydrogen-bond donors (Lipinski definition) is 1. The van der Waals surface area contributed by atoms with E-state index >= 15 is 0 Å². The van der Waals surface area contributed by atoms with E-state index in [1.807, 2.05) is 60.0 Å². The van der Waals surface area contributed by atoms with Crippen molar-refractivity contribution in [1.82, 2.24) is 9.99 Å². The maximum Gasteiger partial charge on any atom is 0.260 e. The Morgan fingerprint density at radius 2 is 1.74 bits per heavy atom. The van der Waals surface area contributed by atoms with Gasteiger partial charge in [-0.05, 0) is 71.5 Å². The summed E-state index contributed by atoms with van der Waals surface area (Å²) in [6.07, 6.45) is 3.23. The first kappa shape index (κ1) is 24.5. The number of ether oxygens (including phenoxy) is 2. The molecule has 1 amide bonds. The van der Waals surface area contributed by atoms with Crippen LogP contribution in [0, 0.1) is 3.57 Å². The molecule has 1 N–H and O–H groups in total. The molecule has 0 atom stereocenters. The number of hydrogen-bond acceptors (Lipinski definition) is 5. The molecule has 4 aromatic rings. The number of carbonyl (C=O) groups excluding carboxylic acids is 1. The highest BCUT2D eigenvalue weighted by Crippen LogP contribution is 2.34. The minimum atomic E-state index is -0.314. The van der Waals surface area contributed by atoms with Crippen LogP contribution in [-0.4, -0.2) is 29.9 Å². The number of pyridine rings is 1. The van der Waals surface area contributed by atoms with E-state index < -0.39 is 0 Å². The number of halogens is 1. The first-order valence-electron chi connectivity index (χ1n) is 11.1. The fraction of sp³-hybridized carbons (Fsp3) is 0.148. The third kappa shape index (κ3) is 5.37. The molecule has 0 fully saturated rings. The van der Waals surface area contributed by atoms with Crippen molar-refractivity contribution in [2.75, 3.05) is 13.2 Å². The quantitative estimate of drug-likeness (QED) is 0.101. The normalized spacial score (nSPS) is 11.1. The monoisotopic (exact) mass is 581 g/mol. The van der Waals surface area contributed by atoms with Crippen molar-refractivity contribution in [3.8, 4) is 11.5 Å². The van der Waals surface area contributed by atoms with Crippen molar-refractivity contribution in [3.63, 3.8) is 0 Å². The second-order valence-corrected chi connectivity index (χ2v) is 8.77. The highest BCUT2D eigenvalue weighted by Gasteiger charge is 2.13. The van der Waals surface area contributed by atoms with E-state index in [2.05, 4.69) is 39.7 Å². The Labute approximate surface area is 216 Å². The van der Waals surface area contributed by atoms with Crippen LogP contribution in [0.5, 0.6) is 11.5 Å². The van der Waals surface area contributed by atoms with Crippen molar-refractivity contribution in [3.05, 3.63) is 92.7 Å². The van der Waals surface area contributed by atoms with E-state index in [0.717, 1.165) is 9.13 Å². The van der Waals surface area contributed by atoms with Crippen molar-refractivity contribution in [2.45, 2.75) is 13.5 Å². The average Bonchev–Trinajstić information content (AvgIpc) is 2.86. The molecule has 0 saturated carbocycles. The molecule has 0 unspecified atom stereocenters. The Kier molecular flexibility index (Phi) is 7.81. The van der Waals surface area contributed by atoms with Crippen molar-refractivity contribution in [1.29, 1.82) is 0 Å². The summed E-state index contributed by atoms with van der Waals surface area (Å²) >= 11 is 2.17. The molecule has 7 nitrogen and oxygen atoms in total. The molecular formula is C27H24IN3O4. The highest BCUT2D eigenvalue weighted by atomic mass is 127. The van der Waals surface area contributed by atoms with Gasteiger partial charge in [0.15, 0.2) is 16.9 Å². The van der Waals surface area contributed by atoms with Gasteiger partial charge in [0, 0.05) is 10.8 Å². The van der Waals surface area contributed by atoms with Crippen LogP contribution in [0.1, 0.15) is 12.5 Å². The summed E-state index contributed by atoms with van der Waals surface area (Å²) in [6, 6.07) is 18.3. The summed E-state index contributed by atoms with van der Waals surface area (Å²) < 4.78 is 14.1. The second kappa shape index (κ2) is 11.2. The van der Waals surface area contributed by atoms with Gasteiger partial charge in [-0.15, -0.1) is 0 Å². The molecule has 4 rings (SSSR count). The Morgan fingerprint density at radius 1 is 1.09 bits per heavy atom. The summed E-state index contributed by atoms with van der Waals surface area (Å²) in [7, 11) is 0. The summed E-state index contributed by atoms with van der Waals surface area (Å²) in [5.41, 5.74) is 4.68. The zero-order valence-corrected chi connectivity index (χ0v) is 21.3. The largest absolute Gasteiger partial charge is 0.490 e. The lowest BCUT2D eigenvalue weighted by Gasteiger charge is -2.14. The molecule has 0 spiro atoms. The van der Waals surface area contributed by atoms with Gasteiger partial charge in [0.05, 0.1) is 27.4 Å². The first-order valence-corrected chi connectivity index (χ1v) is 12.1. The number of nitrogens with one attached hydrogen (secondary N) is 1. The number of carbonyl (C=O) groups is 1. The molecule has 8 heteroatoms. The molecule has 0 aliphatic carbocycles. The lowest BCUT2D eigenvalue weighted by atomic mass is 10.1. The lowest BCUT2D eigenvalue weighted by molar-refractivity contribution is -0.121. The molecule has 0 aliphatic heterocycles. The number of rotatable bonds is 9. The maximum absolute atomic E-state index is 12.9. The van der Waals surface area contributed by atoms with Gasteiger partial charge in [0.1, 0.15) is 13.2 Å². The Morgan fingerprint density at radius 3 is 2.37 bits per heavy atom. The number of benzene rings is 3. The van der Waals surface area contributed by atoms with Crippen LogP contribution in [0.3, 0.4) is 0 Å². The van der Waals surface area contributed by atoms with Gasteiger partial charge in [0.2, 0.25) is 0 Å². The van der Waals surface area contributed by atoms with Gasteiger partial charge in [-0.3, -0.25) is 9.59 Å². The van der Waals surface area contributed by atoms with E-state index in [9.17, 15) is 9.59 Å². The lowest BCUT2D eigenvalue weighted by Crippen LogP contribution is -2.25. The predicted octanol–water partition coefficient (Wildman–Crippen LogP) is 4.87. The fourth-order valence-corrected chi connectivity index (χ4v) is 4.59. The van der Waals surface area contributed by atoms with Crippen LogP contribution in [0.2, 0.25) is 0 Å². The molecule has 178 valence electrons. The van der Waals surface area contributed by atoms with E-state index in [0.29, 0.717) is 46.5 Å². The number of amides is 1. The Balaban J connectivity index is 1.57.